The molecule has 0 saturated carbocycles. The number of aryl methyl sites for hydroxylation is 1. The predicted molar refractivity (Wildman–Crippen MR) is 79.0 cm³/mol. The molecule has 0 aromatic heterocycles. The quantitative estimate of drug-likeness (QED) is 0.875. The van der Waals surface area contributed by atoms with Crippen molar-refractivity contribution in [2.45, 2.75) is 51.3 Å². The van der Waals surface area contributed by atoms with Crippen LogP contribution in [-0.4, -0.2) is 35.2 Å². The Labute approximate surface area is 116 Å². The van der Waals surface area contributed by atoms with E-state index in [-0.39, 0.29) is 18.2 Å². The number of aliphatic hydroxyl groups excluding tert-OH is 1. The van der Waals surface area contributed by atoms with Crippen molar-refractivity contribution in [3.05, 3.63) is 35.4 Å². The van der Waals surface area contributed by atoms with Crippen LogP contribution in [0.2, 0.25) is 0 Å². The van der Waals surface area contributed by atoms with Gasteiger partial charge >= 0.3 is 0 Å². The summed E-state index contributed by atoms with van der Waals surface area (Å²) in [5.41, 5.74) is 9.03. The Morgan fingerprint density at radius 2 is 1.95 bits per heavy atom. The lowest BCUT2D eigenvalue weighted by Gasteiger charge is -2.39. The fourth-order valence-electron chi connectivity index (χ4n) is 3.00. The molecule has 106 valence electrons. The first-order chi connectivity index (χ1) is 9.13. The first kappa shape index (κ1) is 14.5. The Morgan fingerprint density at radius 1 is 1.32 bits per heavy atom. The Kier molecular flexibility index (Phi) is 4.97. The molecule has 2 rings (SSSR count). The molecule has 0 amide bonds. The van der Waals surface area contributed by atoms with E-state index >= 15 is 0 Å². The van der Waals surface area contributed by atoms with Crippen LogP contribution in [0.4, 0.5) is 0 Å². The lowest BCUT2D eigenvalue weighted by molar-refractivity contribution is 0.0527. The Hall–Kier alpha value is -0.900. The summed E-state index contributed by atoms with van der Waals surface area (Å²) >= 11 is 0. The first-order valence-corrected chi connectivity index (χ1v) is 7.36. The van der Waals surface area contributed by atoms with E-state index in [1.54, 1.807) is 0 Å². The van der Waals surface area contributed by atoms with E-state index in [0.29, 0.717) is 0 Å². The highest BCUT2D eigenvalue weighted by atomic mass is 16.3. The lowest BCUT2D eigenvalue weighted by atomic mass is 9.91. The van der Waals surface area contributed by atoms with E-state index in [0.717, 1.165) is 32.4 Å². The van der Waals surface area contributed by atoms with Crippen molar-refractivity contribution in [2.75, 3.05) is 13.1 Å². The average molecular weight is 262 g/mol. The molecule has 1 aromatic carbocycles. The largest absolute Gasteiger partial charge is 0.393 e. The second-order valence-electron chi connectivity index (χ2n) is 5.64. The third-order valence-corrected chi connectivity index (χ3v) is 4.28. The molecular weight excluding hydrogens is 236 g/mol. The third kappa shape index (κ3) is 3.35. The lowest BCUT2D eigenvalue weighted by Crippen LogP contribution is -2.45. The van der Waals surface area contributed by atoms with Gasteiger partial charge in [-0.25, -0.2) is 0 Å². The maximum absolute atomic E-state index is 9.67. The number of benzene rings is 1. The minimum absolute atomic E-state index is 0.133. The summed E-state index contributed by atoms with van der Waals surface area (Å²) in [5.74, 6) is 0. The number of rotatable bonds is 4. The molecule has 0 aliphatic carbocycles. The summed E-state index contributed by atoms with van der Waals surface area (Å²) in [4.78, 5) is 2.45. The van der Waals surface area contributed by atoms with E-state index in [2.05, 4.69) is 43.0 Å². The fourth-order valence-corrected chi connectivity index (χ4v) is 3.00. The van der Waals surface area contributed by atoms with Gasteiger partial charge in [-0.1, -0.05) is 31.2 Å². The van der Waals surface area contributed by atoms with Crippen molar-refractivity contribution in [1.82, 2.24) is 4.90 Å². The fraction of sp³-hybridized carbons (Fsp3) is 0.625. The van der Waals surface area contributed by atoms with E-state index in [4.69, 9.17) is 5.73 Å². The standard InChI is InChI=1S/C16H26N2O/c1-3-15(17)16(14-7-5-4-6-12(14)2)18-10-8-13(19)9-11-18/h4-7,13,15-16,19H,3,8-11,17H2,1-2H3. The van der Waals surface area contributed by atoms with Crippen molar-refractivity contribution >= 4 is 0 Å². The van der Waals surface area contributed by atoms with E-state index < -0.39 is 0 Å². The van der Waals surface area contributed by atoms with Crippen LogP contribution >= 0.6 is 0 Å². The molecule has 19 heavy (non-hydrogen) atoms. The van der Waals surface area contributed by atoms with Crippen molar-refractivity contribution < 1.29 is 5.11 Å². The molecule has 1 saturated heterocycles. The van der Waals surface area contributed by atoms with Gasteiger partial charge in [0.15, 0.2) is 0 Å². The van der Waals surface area contributed by atoms with E-state index in [1.165, 1.54) is 11.1 Å². The zero-order valence-corrected chi connectivity index (χ0v) is 12.0. The highest BCUT2D eigenvalue weighted by molar-refractivity contribution is 5.30. The van der Waals surface area contributed by atoms with Gasteiger partial charge in [-0.3, -0.25) is 4.90 Å². The van der Waals surface area contributed by atoms with Crippen LogP contribution in [0.15, 0.2) is 24.3 Å². The zero-order valence-electron chi connectivity index (χ0n) is 12.0. The molecule has 3 nitrogen and oxygen atoms in total. The van der Waals surface area contributed by atoms with Crippen LogP contribution in [0.25, 0.3) is 0 Å². The maximum Gasteiger partial charge on any atom is 0.0564 e. The molecule has 2 unspecified atom stereocenters. The predicted octanol–water partition coefficient (Wildman–Crippen LogP) is 2.23. The van der Waals surface area contributed by atoms with Gasteiger partial charge in [0.2, 0.25) is 0 Å². The molecule has 2 atom stereocenters. The molecule has 1 aliphatic rings. The minimum Gasteiger partial charge on any atom is -0.393 e. The van der Waals surface area contributed by atoms with Gasteiger partial charge in [-0.05, 0) is 37.3 Å². The highest BCUT2D eigenvalue weighted by Gasteiger charge is 2.29. The summed E-state index contributed by atoms with van der Waals surface area (Å²) < 4.78 is 0. The Balaban J connectivity index is 2.24. The van der Waals surface area contributed by atoms with Gasteiger partial charge < -0.3 is 10.8 Å². The third-order valence-electron chi connectivity index (χ3n) is 4.28. The van der Waals surface area contributed by atoms with Gasteiger partial charge in [0, 0.05) is 19.1 Å². The van der Waals surface area contributed by atoms with Gasteiger partial charge in [0.25, 0.3) is 0 Å². The van der Waals surface area contributed by atoms with Crippen LogP contribution in [-0.2, 0) is 0 Å². The maximum atomic E-state index is 9.67. The number of hydrogen-bond donors (Lipinski definition) is 2. The van der Waals surface area contributed by atoms with Gasteiger partial charge in [0.05, 0.1) is 12.1 Å². The van der Waals surface area contributed by atoms with Crippen LogP contribution in [0.5, 0.6) is 0 Å². The summed E-state index contributed by atoms with van der Waals surface area (Å²) in [7, 11) is 0. The molecule has 0 bridgehead atoms. The number of aliphatic hydroxyl groups is 1. The average Bonchev–Trinajstić information content (AvgIpc) is 2.43. The second kappa shape index (κ2) is 6.51. The number of hydrogen-bond acceptors (Lipinski definition) is 3. The summed E-state index contributed by atoms with van der Waals surface area (Å²) in [6.07, 6.45) is 2.56. The Morgan fingerprint density at radius 3 is 2.53 bits per heavy atom. The van der Waals surface area contributed by atoms with Crippen LogP contribution in [0.1, 0.15) is 43.4 Å². The highest BCUT2D eigenvalue weighted by Crippen LogP contribution is 2.30. The zero-order chi connectivity index (χ0) is 13.8. The van der Waals surface area contributed by atoms with E-state index in [1.807, 2.05) is 0 Å². The molecular formula is C16H26N2O. The van der Waals surface area contributed by atoms with Gasteiger partial charge in [-0.2, -0.15) is 0 Å². The molecule has 0 radical (unpaired) electrons. The van der Waals surface area contributed by atoms with Gasteiger partial charge in [-0.15, -0.1) is 0 Å². The number of nitrogens with zero attached hydrogens (tertiary/aromatic N) is 1. The molecule has 0 spiro atoms. The van der Waals surface area contributed by atoms with Crippen LogP contribution in [0, 0.1) is 6.92 Å². The number of likely N-dealkylation sites (tertiary alicyclic amines) is 1. The van der Waals surface area contributed by atoms with Crippen LogP contribution < -0.4 is 5.73 Å². The monoisotopic (exact) mass is 262 g/mol. The SMILES string of the molecule is CCC(N)C(c1ccccc1C)N1CCC(O)CC1. The normalized spacial score (nSPS) is 21.3. The summed E-state index contributed by atoms with van der Waals surface area (Å²) in [5, 5.41) is 9.67. The molecule has 1 aromatic rings. The van der Waals surface area contributed by atoms with Gasteiger partial charge in [0.1, 0.15) is 0 Å². The molecule has 1 aliphatic heterocycles. The molecule has 3 N–H and O–H groups in total. The minimum atomic E-state index is -0.133. The van der Waals surface area contributed by atoms with Crippen molar-refractivity contribution in [1.29, 1.82) is 0 Å². The first-order valence-electron chi connectivity index (χ1n) is 7.36. The Bertz CT molecular complexity index is 399. The topological polar surface area (TPSA) is 49.5 Å². The van der Waals surface area contributed by atoms with Crippen molar-refractivity contribution in [3.63, 3.8) is 0 Å². The molecule has 1 heterocycles. The smallest absolute Gasteiger partial charge is 0.0564 e. The summed E-state index contributed by atoms with van der Waals surface area (Å²) in [6, 6.07) is 8.95. The molecule has 1 fully saturated rings. The summed E-state index contributed by atoms with van der Waals surface area (Å²) in [6.45, 7) is 6.18. The number of nitrogens with two attached hydrogens (primary N) is 1. The second-order valence-corrected chi connectivity index (χ2v) is 5.64. The van der Waals surface area contributed by atoms with Crippen molar-refractivity contribution in [2.24, 2.45) is 5.73 Å². The molecule has 3 heteroatoms. The van der Waals surface area contributed by atoms with Crippen LogP contribution in [0.3, 0.4) is 0 Å². The van der Waals surface area contributed by atoms with Crippen molar-refractivity contribution in [3.8, 4) is 0 Å². The number of piperidine rings is 1. The van der Waals surface area contributed by atoms with E-state index in [9.17, 15) is 5.11 Å².